The highest BCUT2D eigenvalue weighted by Gasteiger charge is 2.33. The maximum Gasteiger partial charge on any atom is 0.407 e. The van der Waals surface area contributed by atoms with Crippen LogP contribution < -0.4 is 5.32 Å². The monoisotopic (exact) mass is 369 g/mol. The number of carbonyl (C=O) groups is 1. The fraction of sp³-hybridized carbons (Fsp3) is 0.923. The number of ether oxygens (including phenoxy) is 2. The zero-order valence-corrected chi connectivity index (χ0v) is 13.7. The van der Waals surface area contributed by atoms with Crippen molar-refractivity contribution in [2.45, 2.75) is 57.7 Å². The molecule has 1 aliphatic carbocycles. The standard InChI is InChI=1S/C13H24INO3/c1-12(2,3)18-11(16)15-8-9-17-13(10-14)6-4-5-7-13/h4-10H2,1-3H3,(H,15,16). The van der Waals surface area contributed by atoms with Crippen LogP contribution in [-0.4, -0.2) is 34.9 Å². The number of alkyl halides is 1. The van der Waals surface area contributed by atoms with Crippen molar-refractivity contribution in [2.24, 2.45) is 0 Å². The number of hydrogen-bond acceptors (Lipinski definition) is 3. The van der Waals surface area contributed by atoms with Gasteiger partial charge in [-0.15, -0.1) is 0 Å². The molecule has 0 spiro atoms. The summed E-state index contributed by atoms with van der Waals surface area (Å²) in [7, 11) is 0. The van der Waals surface area contributed by atoms with Crippen LogP contribution in [0.2, 0.25) is 0 Å². The minimum Gasteiger partial charge on any atom is -0.444 e. The van der Waals surface area contributed by atoms with E-state index < -0.39 is 5.60 Å². The van der Waals surface area contributed by atoms with Gasteiger partial charge in [-0.3, -0.25) is 0 Å². The zero-order valence-electron chi connectivity index (χ0n) is 11.6. The van der Waals surface area contributed by atoms with Gasteiger partial charge in [0.05, 0.1) is 12.2 Å². The van der Waals surface area contributed by atoms with Gasteiger partial charge < -0.3 is 14.8 Å². The van der Waals surface area contributed by atoms with Gasteiger partial charge in [0, 0.05) is 11.0 Å². The third-order valence-corrected chi connectivity index (χ3v) is 4.33. The summed E-state index contributed by atoms with van der Waals surface area (Å²) in [5, 5.41) is 2.72. The first-order chi connectivity index (χ1) is 8.37. The molecule has 1 amide bonds. The predicted octanol–water partition coefficient (Wildman–Crippen LogP) is 3.28. The average molecular weight is 369 g/mol. The Kier molecular flexibility index (Phi) is 6.17. The van der Waals surface area contributed by atoms with E-state index in [0.717, 1.165) is 17.3 Å². The topological polar surface area (TPSA) is 47.6 Å². The van der Waals surface area contributed by atoms with Crippen molar-refractivity contribution in [3.8, 4) is 0 Å². The van der Waals surface area contributed by atoms with Crippen LogP contribution in [0.15, 0.2) is 0 Å². The number of hydrogen-bond donors (Lipinski definition) is 1. The molecular weight excluding hydrogens is 345 g/mol. The Bertz CT molecular complexity index is 270. The van der Waals surface area contributed by atoms with E-state index in [9.17, 15) is 4.79 Å². The van der Waals surface area contributed by atoms with Crippen molar-refractivity contribution < 1.29 is 14.3 Å². The molecule has 0 heterocycles. The normalized spacial score (nSPS) is 18.7. The highest BCUT2D eigenvalue weighted by molar-refractivity contribution is 14.1. The van der Waals surface area contributed by atoms with E-state index in [0.29, 0.717) is 13.2 Å². The van der Waals surface area contributed by atoms with Crippen molar-refractivity contribution in [1.82, 2.24) is 5.32 Å². The molecule has 0 atom stereocenters. The lowest BCUT2D eigenvalue weighted by Gasteiger charge is -2.27. The molecule has 1 rings (SSSR count). The zero-order chi connectivity index (χ0) is 13.6. The summed E-state index contributed by atoms with van der Waals surface area (Å²) < 4.78 is 12.1. The Morgan fingerprint density at radius 1 is 1.33 bits per heavy atom. The smallest absolute Gasteiger partial charge is 0.407 e. The Hall–Kier alpha value is -0.0400. The molecule has 0 unspecified atom stereocenters. The van der Waals surface area contributed by atoms with E-state index in [1.54, 1.807) is 0 Å². The lowest BCUT2D eigenvalue weighted by atomic mass is 10.1. The van der Waals surface area contributed by atoms with E-state index in [1.807, 2.05) is 20.8 Å². The van der Waals surface area contributed by atoms with Crippen LogP contribution in [-0.2, 0) is 9.47 Å². The molecule has 4 nitrogen and oxygen atoms in total. The molecule has 0 radical (unpaired) electrons. The SMILES string of the molecule is CC(C)(C)OC(=O)NCCOC1(CI)CCCC1. The fourth-order valence-electron chi connectivity index (χ4n) is 2.07. The van der Waals surface area contributed by atoms with Gasteiger partial charge in [0.25, 0.3) is 0 Å². The second-order valence-corrected chi connectivity index (χ2v) is 6.56. The molecule has 1 fully saturated rings. The number of alkyl carbamates (subject to hydrolysis) is 1. The maximum absolute atomic E-state index is 11.4. The molecule has 0 aromatic rings. The second-order valence-electron chi connectivity index (χ2n) is 5.80. The second kappa shape index (κ2) is 6.93. The third-order valence-electron chi connectivity index (χ3n) is 2.94. The minimum absolute atomic E-state index is 0.0518. The van der Waals surface area contributed by atoms with Gasteiger partial charge in [-0.1, -0.05) is 35.4 Å². The van der Waals surface area contributed by atoms with Crippen LogP contribution in [0.25, 0.3) is 0 Å². The predicted molar refractivity (Wildman–Crippen MR) is 80.3 cm³/mol. The van der Waals surface area contributed by atoms with Crippen LogP contribution >= 0.6 is 22.6 Å². The number of amides is 1. The number of halogens is 1. The summed E-state index contributed by atoms with van der Waals surface area (Å²) in [6.45, 7) is 6.63. The Morgan fingerprint density at radius 3 is 2.44 bits per heavy atom. The van der Waals surface area contributed by atoms with Gasteiger partial charge in [0.1, 0.15) is 5.60 Å². The maximum atomic E-state index is 11.4. The minimum atomic E-state index is -0.445. The summed E-state index contributed by atoms with van der Waals surface area (Å²) in [5.74, 6) is 0. The molecular formula is C13H24INO3. The van der Waals surface area contributed by atoms with Crippen molar-refractivity contribution in [2.75, 3.05) is 17.6 Å². The largest absolute Gasteiger partial charge is 0.444 e. The first kappa shape index (κ1) is 16.0. The summed E-state index contributed by atoms with van der Waals surface area (Å²) >= 11 is 2.39. The molecule has 18 heavy (non-hydrogen) atoms. The lowest BCUT2D eigenvalue weighted by molar-refractivity contribution is -0.0194. The molecule has 0 saturated heterocycles. The summed E-state index contributed by atoms with van der Waals surface area (Å²) in [5.41, 5.74) is -0.393. The van der Waals surface area contributed by atoms with Crippen molar-refractivity contribution in [1.29, 1.82) is 0 Å². The third kappa shape index (κ3) is 5.73. The first-order valence-electron chi connectivity index (χ1n) is 6.54. The number of nitrogens with one attached hydrogen (secondary N) is 1. The van der Waals surface area contributed by atoms with Gasteiger partial charge in [0.2, 0.25) is 0 Å². The van der Waals surface area contributed by atoms with Gasteiger partial charge in [-0.2, -0.15) is 0 Å². The molecule has 106 valence electrons. The first-order valence-corrected chi connectivity index (χ1v) is 8.06. The summed E-state index contributed by atoms with van der Waals surface area (Å²) in [6, 6.07) is 0. The number of rotatable bonds is 5. The Morgan fingerprint density at radius 2 is 1.94 bits per heavy atom. The van der Waals surface area contributed by atoms with Crippen molar-refractivity contribution >= 4 is 28.7 Å². The van der Waals surface area contributed by atoms with Gasteiger partial charge in [-0.05, 0) is 33.6 Å². The van der Waals surface area contributed by atoms with Crippen molar-refractivity contribution in [3.05, 3.63) is 0 Å². The van der Waals surface area contributed by atoms with Crippen LogP contribution in [0, 0.1) is 0 Å². The van der Waals surface area contributed by atoms with Crippen LogP contribution in [0.5, 0.6) is 0 Å². The quantitative estimate of drug-likeness (QED) is 0.460. The van der Waals surface area contributed by atoms with Crippen LogP contribution in [0.3, 0.4) is 0 Å². The van der Waals surface area contributed by atoms with Crippen molar-refractivity contribution in [3.63, 3.8) is 0 Å². The van der Waals surface area contributed by atoms with Gasteiger partial charge in [-0.25, -0.2) is 4.79 Å². The summed E-state index contributed by atoms with van der Waals surface area (Å²) in [6.07, 6.45) is 4.41. The Balaban J connectivity index is 2.16. The van der Waals surface area contributed by atoms with E-state index in [-0.39, 0.29) is 11.7 Å². The molecule has 5 heteroatoms. The van der Waals surface area contributed by atoms with Crippen LogP contribution in [0.1, 0.15) is 46.5 Å². The van der Waals surface area contributed by atoms with Gasteiger partial charge >= 0.3 is 6.09 Å². The molecule has 1 N–H and O–H groups in total. The van der Waals surface area contributed by atoms with E-state index in [4.69, 9.17) is 9.47 Å². The van der Waals surface area contributed by atoms with Gasteiger partial charge in [0.15, 0.2) is 0 Å². The lowest BCUT2D eigenvalue weighted by Crippen LogP contribution is -2.37. The molecule has 0 bridgehead atoms. The average Bonchev–Trinajstić information content (AvgIpc) is 2.71. The molecule has 1 aliphatic rings. The molecule has 0 aromatic heterocycles. The van der Waals surface area contributed by atoms with E-state index in [2.05, 4.69) is 27.9 Å². The van der Waals surface area contributed by atoms with Crippen LogP contribution in [0.4, 0.5) is 4.79 Å². The highest BCUT2D eigenvalue weighted by atomic mass is 127. The van der Waals surface area contributed by atoms with E-state index >= 15 is 0 Å². The molecule has 0 aromatic carbocycles. The fourth-order valence-corrected chi connectivity index (χ4v) is 3.05. The molecule has 0 aliphatic heterocycles. The summed E-state index contributed by atoms with van der Waals surface area (Å²) in [4.78, 5) is 11.4. The molecule has 1 saturated carbocycles. The highest BCUT2D eigenvalue weighted by Crippen LogP contribution is 2.34. The Labute approximate surface area is 123 Å². The number of carbonyl (C=O) groups excluding carboxylic acids is 1. The van der Waals surface area contributed by atoms with E-state index in [1.165, 1.54) is 12.8 Å².